The van der Waals surface area contributed by atoms with Gasteiger partial charge < -0.3 is 10.6 Å². The largest absolute Gasteiger partial charge is 0.341 e. The molecule has 0 aromatic heterocycles. The molecule has 1 aromatic rings. The van der Waals surface area contributed by atoms with Crippen LogP contribution >= 0.6 is 0 Å². The molecule has 0 spiro atoms. The Bertz CT molecular complexity index is 512. The van der Waals surface area contributed by atoms with Crippen molar-refractivity contribution in [3.8, 4) is 0 Å². The van der Waals surface area contributed by atoms with Crippen LogP contribution < -0.4 is 5.73 Å². The second-order valence-electron chi connectivity index (χ2n) is 5.03. The highest BCUT2D eigenvalue weighted by Gasteiger charge is 2.49. The molecule has 0 atom stereocenters. The van der Waals surface area contributed by atoms with Crippen LogP contribution in [0.3, 0.4) is 0 Å². The van der Waals surface area contributed by atoms with Gasteiger partial charge in [0.1, 0.15) is 0 Å². The van der Waals surface area contributed by atoms with E-state index in [1.54, 1.807) is 25.2 Å². The Labute approximate surface area is 111 Å². The summed E-state index contributed by atoms with van der Waals surface area (Å²) >= 11 is 0. The number of nitrogens with zero attached hydrogens (tertiary/aromatic N) is 2. The monoisotopic (exact) mass is 263 g/mol. The SMILES string of the molecule is CN(Cc1ccccc1[N+](=O)[O-])C(=O)C1(CN)CC1. The topological polar surface area (TPSA) is 89.5 Å². The van der Waals surface area contributed by atoms with Crippen molar-refractivity contribution in [1.82, 2.24) is 4.90 Å². The Morgan fingerprint density at radius 2 is 2.11 bits per heavy atom. The van der Waals surface area contributed by atoms with Gasteiger partial charge in [0.05, 0.1) is 16.9 Å². The zero-order valence-electron chi connectivity index (χ0n) is 10.8. The summed E-state index contributed by atoms with van der Waals surface area (Å²) in [4.78, 5) is 24.2. The van der Waals surface area contributed by atoms with Gasteiger partial charge in [-0.2, -0.15) is 0 Å². The Kier molecular flexibility index (Phi) is 3.53. The molecule has 0 bridgehead atoms. The first kappa shape index (κ1) is 13.5. The standard InChI is InChI=1S/C13H17N3O3/c1-15(12(17)13(9-14)6-7-13)8-10-4-2-3-5-11(10)16(18)19/h2-5H,6-9,14H2,1H3. The third-order valence-electron chi connectivity index (χ3n) is 3.64. The molecule has 2 N–H and O–H groups in total. The molecule has 0 aliphatic heterocycles. The molecule has 19 heavy (non-hydrogen) atoms. The number of amides is 1. The van der Waals surface area contributed by atoms with E-state index in [9.17, 15) is 14.9 Å². The molecule has 0 radical (unpaired) electrons. The van der Waals surface area contributed by atoms with Crippen molar-refractivity contribution >= 4 is 11.6 Å². The highest BCUT2D eigenvalue weighted by molar-refractivity contribution is 5.85. The number of hydrogen-bond acceptors (Lipinski definition) is 4. The molecule has 0 heterocycles. The molecular formula is C13H17N3O3. The Morgan fingerprint density at radius 3 is 2.63 bits per heavy atom. The molecule has 1 aliphatic rings. The van der Waals surface area contributed by atoms with Crippen molar-refractivity contribution in [2.75, 3.05) is 13.6 Å². The maximum absolute atomic E-state index is 12.2. The van der Waals surface area contributed by atoms with Crippen molar-refractivity contribution in [1.29, 1.82) is 0 Å². The molecule has 102 valence electrons. The van der Waals surface area contributed by atoms with Crippen LogP contribution in [0.1, 0.15) is 18.4 Å². The highest BCUT2D eigenvalue weighted by Crippen LogP contribution is 2.46. The number of benzene rings is 1. The van der Waals surface area contributed by atoms with E-state index in [4.69, 9.17) is 5.73 Å². The van der Waals surface area contributed by atoms with Gasteiger partial charge in [0.2, 0.25) is 5.91 Å². The van der Waals surface area contributed by atoms with Gasteiger partial charge in [-0.05, 0) is 12.8 Å². The normalized spacial score (nSPS) is 15.9. The Balaban J connectivity index is 2.13. The molecule has 6 nitrogen and oxygen atoms in total. The van der Waals surface area contributed by atoms with Crippen LogP contribution in [0.25, 0.3) is 0 Å². The Morgan fingerprint density at radius 1 is 1.47 bits per heavy atom. The molecule has 1 aromatic carbocycles. The molecule has 2 rings (SSSR count). The summed E-state index contributed by atoms with van der Waals surface area (Å²) in [7, 11) is 1.66. The van der Waals surface area contributed by atoms with Crippen LogP contribution in [0.15, 0.2) is 24.3 Å². The average Bonchev–Trinajstić information content (AvgIpc) is 3.19. The number of nitrogens with two attached hydrogens (primary N) is 1. The molecule has 0 saturated heterocycles. The molecular weight excluding hydrogens is 246 g/mol. The lowest BCUT2D eigenvalue weighted by molar-refractivity contribution is -0.385. The maximum atomic E-state index is 12.2. The highest BCUT2D eigenvalue weighted by atomic mass is 16.6. The number of hydrogen-bond donors (Lipinski definition) is 1. The van der Waals surface area contributed by atoms with Crippen LogP contribution in [0.2, 0.25) is 0 Å². The predicted molar refractivity (Wildman–Crippen MR) is 70.3 cm³/mol. The third-order valence-corrected chi connectivity index (χ3v) is 3.64. The molecule has 1 aliphatic carbocycles. The molecule has 1 saturated carbocycles. The van der Waals surface area contributed by atoms with Crippen LogP contribution in [0, 0.1) is 15.5 Å². The lowest BCUT2D eigenvalue weighted by Crippen LogP contribution is -2.37. The van der Waals surface area contributed by atoms with E-state index >= 15 is 0 Å². The zero-order chi connectivity index (χ0) is 14.0. The quantitative estimate of drug-likeness (QED) is 0.640. The van der Waals surface area contributed by atoms with E-state index < -0.39 is 10.3 Å². The van der Waals surface area contributed by atoms with Crippen LogP contribution in [0.4, 0.5) is 5.69 Å². The lowest BCUT2D eigenvalue weighted by atomic mass is 10.1. The summed E-state index contributed by atoms with van der Waals surface area (Å²) in [5, 5.41) is 10.9. The zero-order valence-corrected chi connectivity index (χ0v) is 10.8. The van der Waals surface area contributed by atoms with E-state index in [0.29, 0.717) is 12.1 Å². The fraction of sp³-hybridized carbons (Fsp3) is 0.462. The van der Waals surface area contributed by atoms with Gasteiger partial charge in [0, 0.05) is 25.2 Å². The average molecular weight is 263 g/mol. The number of nitro benzene ring substituents is 1. The van der Waals surface area contributed by atoms with Gasteiger partial charge in [-0.15, -0.1) is 0 Å². The third kappa shape index (κ3) is 2.58. The number of carbonyl (C=O) groups is 1. The summed E-state index contributed by atoms with van der Waals surface area (Å²) < 4.78 is 0. The lowest BCUT2D eigenvalue weighted by Gasteiger charge is -2.22. The first-order chi connectivity index (χ1) is 9.00. The van der Waals surface area contributed by atoms with Gasteiger partial charge >= 0.3 is 0 Å². The van der Waals surface area contributed by atoms with Gasteiger partial charge in [-0.1, -0.05) is 18.2 Å². The molecule has 1 amide bonds. The van der Waals surface area contributed by atoms with E-state index in [-0.39, 0.29) is 18.1 Å². The van der Waals surface area contributed by atoms with Crippen molar-refractivity contribution in [2.24, 2.45) is 11.1 Å². The van der Waals surface area contributed by atoms with Crippen molar-refractivity contribution < 1.29 is 9.72 Å². The fourth-order valence-electron chi connectivity index (χ4n) is 2.21. The smallest absolute Gasteiger partial charge is 0.274 e. The number of para-hydroxylation sites is 1. The summed E-state index contributed by atoms with van der Waals surface area (Å²) in [5.41, 5.74) is 5.78. The Hall–Kier alpha value is -1.95. The maximum Gasteiger partial charge on any atom is 0.274 e. The van der Waals surface area contributed by atoms with E-state index in [2.05, 4.69) is 0 Å². The second kappa shape index (κ2) is 4.97. The predicted octanol–water partition coefficient (Wildman–Crippen LogP) is 1.29. The van der Waals surface area contributed by atoms with E-state index in [1.807, 2.05) is 0 Å². The fourth-order valence-corrected chi connectivity index (χ4v) is 2.21. The summed E-state index contributed by atoms with van der Waals surface area (Å²) in [6, 6.07) is 6.47. The summed E-state index contributed by atoms with van der Waals surface area (Å²) in [6.45, 7) is 0.574. The first-order valence-electron chi connectivity index (χ1n) is 6.18. The van der Waals surface area contributed by atoms with Crippen molar-refractivity contribution in [2.45, 2.75) is 19.4 Å². The van der Waals surface area contributed by atoms with Gasteiger partial charge in [-0.3, -0.25) is 14.9 Å². The molecule has 1 fully saturated rings. The molecule has 0 unspecified atom stereocenters. The molecule has 6 heteroatoms. The first-order valence-corrected chi connectivity index (χ1v) is 6.18. The van der Waals surface area contributed by atoms with Crippen molar-refractivity contribution in [3.05, 3.63) is 39.9 Å². The number of carbonyl (C=O) groups excluding carboxylic acids is 1. The summed E-state index contributed by atoms with van der Waals surface area (Å²) in [5.74, 6) is -0.0202. The minimum absolute atomic E-state index is 0.0202. The van der Waals surface area contributed by atoms with E-state index in [0.717, 1.165) is 12.8 Å². The van der Waals surface area contributed by atoms with Crippen LogP contribution in [0.5, 0.6) is 0 Å². The number of rotatable bonds is 5. The van der Waals surface area contributed by atoms with Gasteiger partial charge in [0.15, 0.2) is 0 Å². The van der Waals surface area contributed by atoms with Crippen LogP contribution in [-0.2, 0) is 11.3 Å². The summed E-state index contributed by atoms with van der Waals surface area (Å²) in [6.07, 6.45) is 1.62. The van der Waals surface area contributed by atoms with Gasteiger partial charge in [-0.25, -0.2) is 0 Å². The van der Waals surface area contributed by atoms with Crippen molar-refractivity contribution in [3.63, 3.8) is 0 Å². The van der Waals surface area contributed by atoms with E-state index in [1.165, 1.54) is 11.0 Å². The second-order valence-corrected chi connectivity index (χ2v) is 5.03. The minimum atomic E-state index is -0.427. The van der Waals surface area contributed by atoms with Gasteiger partial charge in [0.25, 0.3) is 5.69 Å². The van der Waals surface area contributed by atoms with Crippen LogP contribution in [-0.4, -0.2) is 29.3 Å². The minimum Gasteiger partial charge on any atom is -0.341 e. The number of nitro groups is 1.